The number of rotatable bonds is 8. The standard InChI is InChI=1S/C27H30ClN3O3/c28-23-15-14-21(17-30-23)18-31(24-13-7-8-16-29-24)26(32)25(22-11-5-2-6-12-22)27(33)34-19-20-9-3-1-4-10-20/h2,5-8,11-17,20,24-25,29H,1,3-4,9-10,18-19H2. The molecule has 4 rings (SSSR count). The second-order valence-corrected chi connectivity index (χ2v) is 9.18. The summed E-state index contributed by atoms with van der Waals surface area (Å²) in [5, 5.41) is 3.58. The van der Waals surface area contributed by atoms with Crippen molar-refractivity contribution >= 4 is 23.5 Å². The first kappa shape index (κ1) is 24.0. The maximum Gasteiger partial charge on any atom is 0.323 e. The molecule has 6 nitrogen and oxygen atoms in total. The molecule has 1 aromatic carbocycles. The van der Waals surface area contributed by atoms with E-state index < -0.39 is 18.1 Å². The molecular weight excluding hydrogens is 450 g/mol. The van der Waals surface area contributed by atoms with Crippen molar-refractivity contribution in [2.24, 2.45) is 5.92 Å². The largest absolute Gasteiger partial charge is 0.465 e. The van der Waals surface area contributed by atoms with Gasteiger partial charge >= 0.3 is 5.97 Å². The highest BCUT2D eigenvalue weighted by molar-refractivity contribution is 6.29. The predicted molar refractivity (Wildman–Crippen MR) is 132 cm³/mol. The number of amides is 1. The number of nitrogens with zero attached hydrogens (tertiary/aromatic N) is 2. The third-order valence-electron chi connectivity index (χ3n) is 6.33. The summed E-state index contributed by atoms with van der Waals surface area (Å²) >= 11 is 5.94. The van der Waals surface area contributed by atoms with Crippen LogP contribution in [0.15, 0.2) is 73.1 Å². The summed E-state index contributed by atoms with van der Waals surface area (Å²) in [5.74, 6) is -1.51. The normalized spacial score (nSPS) is 18.7. The van der Waals surface area contributed by atoms with Gasteiger partial charge in [-0.15, -0.1) is 0 Å². The Morgan fingerprint density at radius 1 is 1.09 bits per heavy atom. The summed E-state index contributed by atoms with van der Waals surface area (Å²) in [6, 6.07) is 12.7. The third kappa shape index (κ3) is 6.26. The minimum Gasteiger partial charge on any atom is -0.465 e. The fourth-order valence-electron chi connectivity index (χ4n) is 4.47. The van der Waals surface area contributed by atoms with Gasteiger partial charge < -0.3 is 15.0 Å². The van der Waals surface area contributed by atoms with Gasteiger partial charge in [-0.3, -0.25) is 9.59 Å². The monoisotopic (exact) mass is 479 g/mol. The minimum absolute atomic E-state index is 0.262. The van der Waals surface area contributed by atoms with Gasteiger partial charge in [0.2, 0.25) is 5.91 Å². The van der Waals surface area contributed by atoms with E-state index in [4.69, 9.17) is 16.3 Å². The second kappa shape index (κ2) is 11.8. The van der Waals surface area contributed by atoms with E-state index in [-0.39, 0.29) is 12.5 Å². The molecule has 1 aliphatic carbocycles. The lowest BCUT2D eigenvalue weighted by Gasteiger charge is -2.33. The minimum atomic E-state index is -1.05. The topological polar surface area (TPSA) is 71.5 Å². The Hall–Kier alpha value is -3.12. The quantitative estimate of drug-likeness (QED) is 0.329. The molecule has 2 unspecified atom stereocenters. The van der Waals surface area contributed by atoms with Crippen molar-refractivity contribution in [3.8, 4) is 0 Å². The summed E-state index contributed by atoms with van der Waals surface area (Å²) in [4.78, 5) is 33.1. The van der Waals surface area contributed by atoms with E-state index in [1.165, 1.54) is 19.3 Å². The van der Waals surface area contributed by atoms with Gasteiger partial charge in [0.05, 0.1) is 6.61 Å². The predicted octanol–water partition coefficient (Wildman–Crippen LogP) is 4.97. The molecule has 0 radical (unpaired) electrons. The molecule has 2 heterocycles. The van der Waals surface area contributed by atoms with E-state index in [0.29, 0.717) is 23.2 Å². The molecule has 1 fully saturated rings. The second-order valence-electron chi connectivity index (χ2n) is 8.79. The van der Waals surface area contributed by atoms with E-state index >= 15 is 0 Å². The van der Waals surface area contributed by atoms with Crippen LogP contribution in [0.25, 0.3) is 0 Å². The number of ether oxygens (including phenoxy) is 1. The van der Waals surface area contributed by atoms with Gasteiger partial charge in [-0.05, 0) is 54.3 Å². The van der Waals surface area contributed by atoms with Gasteiger partial charge in [0.15, 0.2) is 5.92 Å². The Kier molecular flexibility index (Phi) is 8.36. The van der Waals surface area contributed by atoms with Crippen LogP contribution in [0.3, 0.4) is 0 Å². The van der Waals surface area contributed by atoms with Gasteiger partial charge in [0, 0.05) is 12.7 Å². The summed E-state index contributed by atoms with van der Waals surface area (Å²) in [5.41, 5.74) is 1.43. The van der Waals surface area contributed by atoms with Crippen LogP contribution in [0.1, 0.15) is 49.1 Å². The Morgan fingerprint density at radius 3 is 2.56 bits per heavy atom. The molecule has 2 aromatic rings. The van der Waals surface area contributed by atoms with E-state index in [1.54, 1.807) is 35.5 Å². The van der Waals surface area contributed by atoms with Crippen LogP contribution in [0.2, 0.25) is 5.15 Å². The smallest absolute Gasteiger partial charge is 0.323 e. The maximum atomic E-state index is 14.0. The van der Waals surface area contributed by atoms with Crippen molar-refractivity contribution in [3.05, 3.63) is 89.4 Å². The summed E-state index contributed by atoms with van der Waals surface area (Å²) in [7, 11) is 0. The Morgan fingerprint density at radius 2 is 1.88 bits per heavy atom. The van der Waals surface area contributed by atoms with Crippen molar-refractivity contribution in [2.45, 2.75) is 50.7 Å². The zero-order valence-corrected chi connectivity index (χ0v) is 19.9. The molecular formula is C27H30ClN3O3. The Balaban J connectivity index is 1.59. The van der Waals surface area contributed by atoms with E-state index in [9.17, 15) is 9.59 Å². The van der Waals surface area contributed by atoms with Crippen LogP contribution in [-0.2, 0) is 20.9 Å². The van der Waals surface area contributed by atoms with Gasteiger partial charge in [0.25, 0.3) is 0 Å². The Labute approximate surface area is 205 Å². The molecule has 1 aliphatic heterocycles. The van der Waals surface area contributed by atoms with Crippen LogP contribution in [0.5, 0.6) is 0 Å². The highest BCUT2D eigenvalue weighted by Crippen LogP contribution is 2.27. The number of benzene rings is 1. The van der Waals surface area contributed by atoms with Crippen molar-refractivity contribution in [1.29, 1.82) is 0 Å². The number of hydrogen-bond donors (Lipinski definition) is 1. The SMILES string of the molecule is O=C(OCC1CCCCC1)C(C(=O)N(Cc1ccc(Cl)nc1)C1C=CC=CN1)c1ccccc1. The van der Waals surface area contributed by atoms with E-state index in [0.717, 1.165) is 18.4 Å². The van der Waals surface area contributed by atoms with E-state index in [1.807, 2.05) is 42.5 Å². The molecule has 0 spiro atoms. The number of aromatic nitrogens is 1. The molecule has 34 heavy (non-hydrogen) atoms. The van der Waals surface area contributed by atoms with E-state index in [2.05, 4.69) is 10.3 Å². The number of allylic oxidation sites excluding steroid dienone is 2. The first-order valence-corrected chi connectivity index (χ1v) is 12.2. The number of halogens is 1. The van der Waals surface area contributed by atoms with Crippen LogP contribution < -0.4 is 5.32 Å². The highest BCUT2D eigenvalue weighted by atomic mass is 35.5. The lowest BCUT2D eigenvalue weighted by Crippen LogP contribution is -2.49. The van der Waals surface area contributed by atoms with Gasteiger partial charge in [0.1, 0.15) is 11.3 Å². The lowest BCUT2D eigenvalue weighted by molar-refractivity contribution is -0.154. The number of hydrogen-bond acceptors (Lipinski definition) is 5. The summed E-state index contributed by atoms with van der Waals surface area (Å²) in [6.45, 7) is 0.624. The third-order valence-corrected chi connectivity index (χ3v) is 6.55. The molecule has 1 aromatic heterocycles. The van der Waals surface area contributed by atoms with Crippen molar-refractivity contribution in [3.63, 3.8) is 0 Å². The molecule has 2 aliphatic rings. The van der Waals surface area contributed by atoms with Crippen LogP contribution in [0.4, 0.5) is 0 Å². The first-order chi connectivity index (χ1) is 16.6. The average molecular weight is 480 g/mol. The number of esters is 1. The fraction of sp³-hybridized carbons (Fsp3) is 0.370. The highest BCUT2D eigenvalue weighted by Gasteiger charge is 2.36. The Bertz CT molecular complexity index is 1020. The van der Waals surface area contributed by atoms with Gasteiger partial charge in [-0.25, -0.2) is 4.98 Å². The molecule has 178 valence electrons. The van der Waals surface area contributed by atoms with Crippen molar-refractivity contribution in [1.82, 2.24) is 15.2 Å². The zero-order chi connectivity index (χ0) is 23.8. The molecule has 2 atom stereocenters. The molecule has 1 saturated carbocycles. The maximum absolute atomic E-state index is 14.0. The number of nitrogens with one attached hydrogen (secondary N) is 1. The first-order valence-electron chi connectivity index (χ1n) is 11.8. The van der Waals surface area contributed by atoms with Crippen LogP contribution in [0, 0.1) is 5.92 Å². The molecule has 1 amide bonds. The molecule has 1 N–H and O–H groups in total. The summed E-state index contributed by atoms with van der Waals surface area (Å²) < 4.78 is 5.75. The lowest BCUT2D eigenvalue weighted by atomic mass is 9.90. The molecule has 0 bridgehead atoms. The van der Waals surface area contributed by atoms with Gasteiger partial charge in [-0.2, -0.15) is 0 Å². The molecule has 0 saturated heterocycles. The summed E-state index contributed by atoms with van der Waals surface area (Å²) in [6.07, 6.45) is 14.3. The van der Waals surface area contributed by atoms with Crippen molar-refractivity contribution in [2.75, 3.05) is 6.61 Å². The number of pyridine rings is 1. The number of carbonyl (C=O) groups is 2. The zero-order valence-electron chi connectivity index (χ0n) is 19.1. The van der Waals surface area contributed by atoms with Gasteiger partial charge in [-0.1, -0.05) is 73.3 Å². The van der Waals surface area contributed by atoms with Crippen LogP contribution in [-0.4, -0.2) is 34.5 Å². The molecule has 7 heteroatoms. The number of carbonyl (C=O) groups excluding carboxylic acids is 2. The van der Waals surface area contributed by atoms with Crippen molar-refractivity contribution < 1.29 is 14.3 Å². The fourth-order valence-corrected chi connectivity index (χ4v) is 4.58. The number of dihydropyridines is 1. The van der Waals surface area contributed by atoms with Crippen LogP contribution >= 0.6 is 11.6 Å². The average Bonchev–Trinajstić information content (AvgIpc) is 2.89.